The Labute approximate surface area is 119 Å². The molecule has 0 bridgehead atoms. The van der Waals surface area contributed by atoms with Crippen LogP contribution in [-0.2, 0) is 4.74 Å². The number of ether oxygens (including phenoxy) is 2. The van der Waals surface area contributed by atoms with Gasteiger partial charge in [-0.3, -0.25) is 10.1 Å². The number of aliphatic hydroxyl groups is 1. The zero-order valence-electron chi connectivity index (χ0n) is 10.8. The summed E-state index contributed by atoms with van der Waals surface area (Å²) in [6, 6.07) is 2.97. The maximum absolute atomic E-state index is 11.0. The van der Waals surface area contributed by atoms with Crippen molar-refractivity contribution in [1.82, 2.24) is 0 Å². The first-order chi connectivity index (χ1) is 8.97. The topological polar surface area (TPSA) is 81.8 Å². The number of nitro benzene ring substituents is 1. The van der Waals surface area contributed by atoms with E-state index in [1.807, 2.05) is 0 Å². The molecule has 7 heteroatoms. The van der Waals surface area contributed by atoms with Gasteiger partial charge in [-0.1, -0.05) is 15.9 Å². The van der Waals surface area contributed by atoms with E-state index in [-0.39, 0.29) is 18.0 Å². The maximum atomic E-state index is 11.0. The number of aliphatic hydroxyl groups excluding tert-OH is 1. The molecular weight excluding hydrogens is 318 g/mol. The number of hydrogen-bond donors (Lipinski definition) is 1. The molecule has 0 radical (unpaired) electrons. The number of nitrogens with zero attached hydrogens (tertiary/aromatic N) is 1. The fourth-order valence-corrected chi connectivity index (χ4v) is 2.04. The minimum atomic E-state index is -0.853. The van der Waals surface area contributed by atoms with Crippen molar-refractivity contribution in [2.45, 2.75) is 19.4 Å². The van der Waals surface area contributed by atoms with Crippen LogP contribution in [0.3, 0.4) is 0 Å². The van der Waals surface area contributed by atoms with Crippen LogP contribution in [0.1, 0.15) is 25.0 Å². The molecule has 0 aliphatic carbocycles. The molecule has 19 heavy (non-hydrogen) atoms. The first kappa shape index (κ1) is 15.9. The normalized spacial score (nSPS) is 12.2. The average molecular weight is 334 g/mol. The van der Waals surface area contributed by atoms with Crippen LogP contribution in [0.5, 0.6) is 5.75 Å². The number of methoxy groups -OCH3 is 1. The minimum Gasteiger partial charge on any atom is -0.486 e. The average Bonchev–Trinajstić information content (AvgIpc) is 2.34. The second-order valence-corrected chi connectivity index (χ2v) is 4.89. The number of rotatable bonds is 7. The molecule has 0 spiro atoms. The quantitative estimate of drug-likeness (QED) is 0.471. The first-order valence-corrected chi connectivity index (χ1v) is 6.54. The summed E-state index contributed by atoms with van der Waals surface area (Å²) < 4.78 is 10.9. The van der Waals surface area contributed by atoms with Crippen molar-refractivity contribution in [2.24, 2.45) is 0 Å². The van der Waals surface area contributed by atoms with Crippen molar-refractivity contribution in [3.8, 4) is 5.75 Å². The van der Waals surface area contributed by atoms with Crippen LogP contribution in [0, 0.1) is 10.1 Å². The molecule has 0 aromatic heterocycles. The maximum Gasteiger partial charge on any atom is 0.312 e. The third kappa shape index (κ3) is 4.45. The Morgan fingerprint density at radius 1 is 1.47 bits per heavy atom. The molecule has 0 saturated heterocycles. The zero-order chi connectivity index (χ0) is 14.4. The molecule has 106 valence electrons. The van der Waals surface area contributed by atoms with Gasteiger partial charge < -0.3 is 14.6 Å². The van der Waals surface area contributed by atoms with Gasteiger partial charge in [0.25, 0.3) is 0 Å². The van der Waals surface area contributed by atoms with E-state index < -0.39 is 11.0 Å². The van der Waals surface area contributed by atoms with Crippen LogP contribution in [0.4, 0.5) is 5.69 Å². The van der Waals surface area contributed by atoms with Crippen LogP contribution in [0.15, 0.2) is 16.6 Å². The van der Waals surface area contributed by atoms with Gasteiger partial charge in [-0.25, -0.2) is 0 Å². The summed E-state index contributed by atoms with van der Waals surface area (Å²) >= 11 is 3.19. The monoisotopic (exact) mass is 333 g/mol. The van der Waals surface area contributed by atoms with Gasteiger partial charge >= 0.3 is 5.69 Å². The Morgan fingerprint density at radius 3 is 2.68 bits per heavy atom. The highest BCUT2D eigenvalue weighted by atomic mass is 79.9. The summed E-state index contributed by atoms with van der Waals surface area (Å²) in [7, 11) is 1.57. The number of hydrogen-bond acceptors (Lipinski definition) is 5. The first-order valence-electron chi connectivity index (χ1n) is 5.75. The van der Waals surface area contributed by atoms with Gasteiger partial charge in [0.1, 0.15) is 0 Å². The van der Waals surface area contributed by atoms with Gasteiger partial charge in [-0.15, -0.1) is 0 Å². The Hall–Kier alpha value is -1.18. The summed E-state index contributed by atoms with van der Waals surface area (Å²) in [5.74, 6) is 0.110. The molecule has 1 rings (SSSR count). The third-order valence-corrected chi connectivity index (χ3v) is 2.91. The van der Waals surface area contributed by atoms with Crippen molar-refractivity contribution in [2.75, 3.05) is 20.3 Å². The van der Waals surface area contributed by atoms with Crippen molar-refractivity contribution in [3.63, 3.8) is 0 Å². The van der Waals surface area contributed by atoms with Crippen molar-refractivity contribution >= 4 is 21.6 Å². The lowest BCUT2D eigenvalue weighted by atomic mass is 10.1. The van der Waals surface area contributed by atoms with E-state index in [1.165, 1.54) is 13.0 Å². The van der Waals surface area contributed by atoms with Crippen LogP contribution in [0.2, 0.25) is 0 Å². The molecular formula is C12H16BrNO5. The highest BCUT2D eigenvalue weighted by Crippen LogP contribution is 2.37. The van der Waals surface area contributed by atoms with E-state index in [4.69, 9.17) is 9.47 Å². The number of nitro groups is 1. The number of benzene rings is 1. The molecule has 6 nitrogen and oxygen atoms in total. The molecule has 0 aliphatic heterocycles. The van der Waals surface area contributed by atoms with Crippen molar-refractivity contribution in [3.05, 3.63) is 32.3 Å². The molecule has 0 unspecified atom stereocenters. The summed E-state index contributed by atoms with van der Waals surface area (Å²) in [5.41, 5.74) is 0.223. The minimum absolute atomic E-state index is 0.110. The molecule has 0 aliphatic rings. The molecule has 1 aromatic carbocycles. The predicted molar refractivity (Wildman–Crippen MR) is 73.4 cm³/mol. The van der Waals surface area contributed by atoms with Gasteiger partial charge in [0, 0.05) is 36.2 Å². The highest BCUT2D eigenvalue weighted by molar-refractivity contribution is 9.10. The van der Waals surface area contributed by atoms with Crippen molar-refractivity contribution in [1.29, 1.82) is 0 Å². The van der Waals surface area contributed by atoms with Crippen LogP contribution in [-0.4, -0.2) is 30.4 Å². The van der Waals surface area contributed by atoms with E-state index >= 15 is 0 Å². The summed E-state index contributed by atoms with van der Waals surface area (Å²) in [6.07, 6.45) is -0.239. The SMILES string of the molecule is COCCCOc1c([C@@H](C)O)cc(Br)cc1[N+](=O)[O-]. The second kappa shape index (κ2) is 7.42. The molecule has 1 aromatic rings. The Balaban J connectivity index is 3.05. The van der Waals surface area contributed by atoms with Gasteiger partial charge in [0.05, 0.1) is 17.6 Å². The predicted octanol–water partition coefficient (Wildman–Crippen LogP) is 2.83. The molecule has 1 N–H and O–H groups in total. The molecule has 0 fully saturated rings. The number of halogens is 1. The second-order valence-electron chi connectivity index (χ2n) is 3.97. The fourth-order valence-electron chi connectivity index (χ4n) is 1.58. The Kier molecular flexibility index (Phi) is 6.20. The lowest BCUT2D eigenvalue weighted by Gasteiger charge is -2.14. The lowest BCUT2D eigenvalue weighted by molar-refractivity contribution is -0.386. The lowest BCUT2D eigenvalue weighted by Crippen LogP contribution is -2.07. The molecule has 1 atom stereocenters. The standard InChI is InChI=1S/C12H16BrNO5/c1-8(15)10-6-9(13)7-11(14(16)17)12(10)19-5-3-4-18-2/h6-8,15H,3-5H2,1-2H3/t8-/m1/s1. The molecule has 0 amide bonds. The van der Waals surface area contributed by atoms with E-state index in [9.17, 15) is 15.2 Å². The largest absolute Gasteiger partial charge is 0.486 e. The van der Waals surface area contributed by atoms with Gasteiger partial charge in [-0.05, 0) is 13.0 Å². The van der Waals surface area contributed by atoms with Gasteiger partial charge in [0.2, 0.25) is 5.75 Å². The van der Waals surface area contributed by atoms with Crippen LogP contribution < -0.4 is 4.74 Å². The van der Waals surface area contributed by atoms with Crippen LogP contribution in [0.25, 0.3) is 0 Å². The van der Waals surface area contributed by atoms with Gasteiger partial charge in [0.15, 0.2) is 0 Å². The zero-order valence-corrected chi connectivity index (χ0v) is 12.3. The smallest absolute Gasteiger partial charge is 0.312 e. The van der Waals surface area contributed by atoms with E-state index in [1.54, 1.807) is 13.2 Å². The molecule has 0 heterocycles. The molecule has 0 saturated carbocycles. The summed E-state index contributed by atoms with van der Waals surface area (Å²) in [5, 5.41) is 20.7. The van der Waals surface area contributed by atoms with E-state index in [0.717, 1.165) is 0 Å². The summed E-state index contributed by atoms with van der Waals surface area (Å²) in [4.78, 5) is 10.5. The fraction of sp³-hybridized carbons (Fsp3) is 0.500. The van der Waals surface area contributed by atoms with Crippen molar-refractivity contribution < 1.29 is 19.5 Å². The Morgan fingerprint density at radius 2 is 2.16 bits per heavy atom. The summed E-state index contributed by atoms with van der Waals surface area (Å²) in [6.45, 7) is 2.33. The van der Waals surface area contributed by atoms with E-state index in [2.05, 4.69) is 15.9 Å². The third-order valence-electron chi connectivity index (χ3n) is 2.45. The van der Waals surface area contributed by atoms with E-state index in [0.29, 0.717) is 23.1 Å². The van der Waals surface area contributed by atoms with Gasteiger partial charge in [-0.2, -0.15) is 0 Å². The van der Waals surface area contributed by atoms with Crippen LogP contribution >= 0.6 is 15.9 Å². The Bertz CT molecular complexity index is 450. The highest BCUT2D eigenvalue weighted by Gasteiger charge is 2.23.